The first-order chi connectivity index (χ1) is 16.7. The predicted molar refractivity (Wildman–Crippen MR) is 141 cm³/mol. The minimum atomic E-state index is -3.73. The molecule has 184 valence electrons. The van der Waals surface area contributed by atoms with Gasteiger partial charge < -0.3 is 5.32 Å². The van der Waals surface area contributed by atoms with E-state index in [0.717, 1.165) is 48.6 Å². The highest BCUT2D eigenvalue weighted by molar-refractivity contribution is 7.92. The predicted octanol–water partition coefficient (Wildman–Crippen LogP) is 5.61. The molecule has 4 rings (SSSR count). The fourth-order valence-corrected chi connectivity index (χ4v) is 5.66. The maximum atomic E-state index is 12.9. The van der Waals surface area contributed by atoms with E-state index < -0.39 is 10.0 Å². The highest BCUT2D eigenvalue weighted by Gasteiger charge is 2.25. The molecular formula is C27H30ClN3O3S. The van der Waals surface area contributed by atoms with E-state index in [1.165, 1.54) is 17.7 Å². The highest BCUT2D eigenvalue weighted by Crippen LogP contribution is 2.25. The third kappa shape index (κ3) is 6.42. The number of carbonyl (C=O) groups excluding carboxylic acids is 1. The van der Waals surface area contributed by atoms with E-state index in [1.54, 1.807) is 12.1 Å². The second-order valence-corrected chi connectivity index (χ2v) is 11.2. The van der Waals surface area contributed by atoms with Crippen molar-refractivity contribution >= 4 is 38.9 Å². The highest BCUT2D eigenvalue weighted by atomic mass is 35.5. The Morgan fingerprint density at radius 3 is 2.14 bits per heavy atom. The van der Waals surface area contributed by atoms with Crippen LogP contribution in [0.5, 0.6) is 0 Å². The fourth-order valence-electron chi connectivity index (χ4n) is 4.33. The van der Waals surface area contributed by atoms with Gasteiger partial charge in [-0.05, 0) is 92.9 Å². The Morgan fingerprint density at radius 1 is 0.943 bits per heavy atom. The van der Waals surface area contributed by atoms with Crippen molar-refractivity contribution in [2.45, 2.75) is 38.1 Å². The standard InChI is InChI=1S/C27H30ClN3O3S/c1-19-4-3-5-20(2)26(19)30-35(33,34)25-12-10-24(11-13-25)29-27(32)22-14-16-31(17-15-22)18-21-6-8-23(28)9-7-21/h3-13,22,30H,14-18H2,1-2H3,(H,29,32). The number of nitrogens with zero attached hydrogens (tertiary/aromatic N) is 1. The lowest BCUT2D eigenvalue weighted by molar-refractivity contribution is -0.121. The second-order valence-electron chi connectivity index (χ2n) is 9.06. The molecule has 1 aliphatic rings. The quantitative estimate of drug-likeness (QED) is 0.432. The number of hydrogen-bond donors (Lipinski definition) is 2. The van der Waals surface area contributed by atoms with Crippen LogP contribution in [-0.2, 0) is 21.4 Å². The van der Waals surface area contributed by atoms with Crippen molar-refractivity contribution in [3.05, 3.63) is 88.4 Å². The molecular weight excluding hydrogens is 482 g/mol. The van der Waals surface area contributed by atoms with E-state index in [0.29, 0.717) is 11.4 Å². The van der Waals surface area contributed by atoms with Crippen LogP contribution in [0.4, 0.5) is 11.4 Å². The summed E-state index contributed by atoms with van der Waals surface area (Å²) in [5.74, 6) is -0.0917. The number of nitrogens with one attached hydrogen (secondary N) is 2. The number of rotatable bonds is 7. The van der Waals surface area contributed by atoms with E-state index in [2.05, 4.69) is 14.9 Å². The van der Waals surface area contributed by atoms with Gasteiger partial charge in [-0.1, -0.05) is 41.9 Å². The molecule has 1 fully saturated rings. The molecule has 0 spiro atoms. The van der Waals surface area contributed by atoms with Gasteiger partial charge in [0.1, 0.15) is 0 Å². The van der Waals surface area contributed by atoms with Gasteiger partial charge in [0.15, 0.2) is 0 Å². The lowest BCUT2D eigenvalue weighted by Crippen LogP contribution is -2.37. The molecule has 0 atom stereocenters. The number of sulfonamides is 1. The SMILES string of the molecule is Cc1cccc(C)c1NS(=O)(=O)c1ccc(NC(=O)C2CCN(Cc3ccc(Cl)cc3)CC2)cc1. The van der Waals surface area contributed by atoms with Gasteiger partial charge in [0.25, 0.3) is 10.0 Å². The number of carbonyl (C=O) groups is 1. The monoisotopic (exact) mass is 511 g/mol. The zero-order valence-corrected chi connectivity index (χ0v) is 21.5. The summed E-state index contributed by atoms with van der Waals surface area (Å²) in [6.45, 7) is 6.28. The molecule has 2 N–H and O–H groups in total. The minimum Gasteiger partial charge on any atom is -0.326 e. The normalized spacial score (nSPS) is 15.1. The average molecular weight is 512 g/mol. The van der Waals surface area contributed by atoms with Crippen LogP contribution in [-0.4, -0.2) is 32.3 Å². The van der Waals surface area contributed by atoms with Crippen LogP contribution < -0.4 is 10.0 Å². The van der Waals surface area contributed by atoms with Gasteiger partial charge in [-0.3, -0.25) is 14.4 Å². The van der Waals surface area contributed by atoms with Crippen LogP contribution in [0, 0.1) is 19.8 Å². The summed E-state index contributed by atoms with van der Waals surface area (Å²) in [4.78, 5) is 15.3. The Kier molecular flexibility index (Phi) is 7.79. The molecule has 3 aromatic rings. The molecule has 35 heavy (non-hydrogen) atoms. The number of piperidine rings is 1. The zero-order chi connectivity index (χ0) is 25.0. The molecule has 0 saturated carbocycles. The summed E-state index contributed by atoms with van der Waals surface area (Å²) >= 11 is 5.96. The van der Waals surface area contributed by atoms with Gasteiger partial charge in [-0.25, -0.2) is 8.42 Å². The summed E-state index contributed by atoms with van der Waals surface area (Å²) in [7, 11) is -3.73. The number of amides is 1. The average Bonchev–Trinajstić information content (AvgIpc) is 2.84. The molecule has 8 heteroatoms. The Labute approximate surface area is 212 Å². The summed E-state index contributed by atoms with van der Waals surface area (Å²) in [6.07, 6.45) is 1.57. The van der Waals surface area contributed by atoms with E-state index in [1.807, 2.05) is 56.3 Å². The largest absolute Gasteiger partial charge is 0.326 e. The molecule has 6 nitrogen and oxygen atoms in total. The summed E-state index contributed by atoms with van der Waals surface area (Å²) in [5.41, 5.74) is 4.10. The molecule has 1 aliphatic heterocycles. The number of aryl methyl sites for hydroxylation is 2. The topological polar surface area (TPSA) is 78.5 Å². The third-order valence-electron chi connectivity index (χ3n) is 6.43. The lowest BCUT2D eigenvalue weighted by atomic mass is 9.95. The van der Waals surface area contributed by atoms with Crippen LogP contribution >= 0.6 is 11.6 Å². The van der Waals surface area contributed by atoms with E-state index in [-0.39, 0.29) is 16.7 Å². The Hall–Kier alpha value is -2.87. The van der Waals surface area contributed by atoms with Crippen molar-refractivity contribution in [2.24, 2.45) is 5.92 Å². The Bertz CT molecular complexity index is 1260. The van der Waals surface area contributed by atoms with Crippen molar-refractivity contribution in [1.29, 1.82) is 0 Å². The molecule has 1 heterocycles. The lowest BCUT2D eigenvalue weighted by Gasteiger charge is -2.31. The number of para-hydroxylation sites is 1. The minimum absolute atomic E-state index is 0.0274. The number of benzene rings is 3. The van der Waals surface area contributed by atoms with Gasteiger partial charge in [0.2, 0.25) is 5.91 Å². The van der Waals surface area contributed by atoms with Gasteiger partial charge in [0.05, 0.1) is 10.6 Å². The van der Waals surface area contributed by atoms with Gasteiger partial charge in [0, 0.05) is 23.2 Å². The van der Waals surface area contributed by atoms with Gasteiger partial charge in [-0.2, -0.15) is 0 Å². The fraction of sp³-hybridized carbons (Fsp3) is 0.296. The number of halogens is 1. The molecule has 0 bridgehead atoms. The summed E-state index contributed by atoms with van der Waals surface area (Å²) in [6, 6.07) is 19.8. The van der Waals surface area contributed by atoms with Gasteiger partial charge >= 0.3 is 0 Å². The maximum Gasteiger partial charge on any atom is 0.261 e. The number of anilines is 2. The molecule has 1 saturated heterocycles. The van der Waals surface area contributed by atoms with E-state index >= 15 is 0 Å². The third-order valence-corrected chi connectivity index (χ3v) is 8.05. The van der Waals surface area contributed by atoms with Crippen molar-refractivity contribution in [1.82, 2.24) is 4.90 Å². The van der Waals surface area contributed by atoms with Crippen LogP contribution in [0.15, 0.2) is 71.6 Å². The smallest absolute Gasteiger partial charge is 0.261 e. The molecule has 0 unspecified atom stereocenters. The van der Waals surface area contributed by atoms with Crippen LogP contribution in [0.2, 0.25) is 5.02 Å². The molecule has 1 amide bonds. The molecule has 3 aromatic carbocycles. The van der Waals surface area contributed by atoms with Crippen molar-refractivity contribution in [3.8, 4) is 0 Å². The summed E-state index contributed by atoms with van der Waals surface area (Å²) < 4.78 is 28.4. The first-order valence-corrected chi connectivity index (χ1v) is 13.5. The second kappa shape index (κ2) is 10.8. The Balaban J connectivity index is 1.31. The maximum absolute atomic E-state index is 12.9. The van der Waals surface area contributed by atoms with E-state index in [4.69, 9.17) is 11.6 Å². The Morgan fingerprint density at radius 2 is 1.54 bits per heavy atom. The zero-order valence-electron chi connectivity index (χ0n) is 19.9. The van der Waals surface area contributed by atoms with Crippen molar-refractivity contribution in [3.63, 3.8) is 0 Å². The molecule has 0 aliphatic carbocycles. The molecule has 0 aromatic heterocycles. The first-order valence-electron chi connectivity index (χ1n) is 11.7. The first kappa shape index (κ1) is 25.2. The molecule has 0 radical (unpaired) electrons. The van der Waals surface area contributed by atoms with Crippen molar-refractivity contribution in [2.75, 3.05) is 23.1 Å². The van der Waals surface area contributed by atoms with Crippen molar-refractivity contribution < 1.29 is 13.2 Å². The van der Waals surface area contributed by atoms with E-state index in [9.17, 15) is 13.2 Å². The summed E-state index contributed by atoms with van der Waals surface area (Å²) in [5, 5.41) is 3.67. The number of hydrogen-bond acceptors (Lipinski definition) is 4. The van der Waals surface area contributed by atoms with Crippen LogP contribution in [0.1, 0.15) is 29.5 Å². The van der Waals surface area contributed by atoms with Crippen LogP contribution in [0.25, 0.3) is 0 Å². The number of likely N-dealkylation sites (tertiary alicyclic amines) is 1. The van der Waals surface area contributed by atoms with Gasteiger partial charge in [-0.15, -0.1) is 0 Å². The van der Waals surface area contributed by atoms with Crippen LogP contribution in [0.3, 0.4) is 0 Å².